The van der Waals surface area contributed by atoms with Crippen LogP contribution in [-0.2, 0) is 14.8 Å². The van der Waals surface area contributed by atoms with Crippen molar-refractivity contribution < 1.29 is 22.0 Å². The molecule has 2 aliphatic rings. The number of hydrogen-bond donors (Lipinski definition) is 1. The van der Waals surface area contributed by atoms with Crippen molar-refractivity contribution in [2.75, 3.05) is 13.1 Å². The number of benzene rings is 1. The summed E-state index contributed by atoms with van der Waals surface area (Å²) in [5.74, 6) is -2.91. The second-order valence-electron chi connectivity index (χ2n) is 7.50. The Labute approximate surface area is 163 Å². The van der Waals surface area contributed by atoms with Crippen LogP contribution in [0.25, 0.3) is 0 Å². The minimum atomic E-state index is -3.95. The smallest absolute Gasteiger partial charge is 0.243 e. The number of rotatable bonds is 4. The highest BCUT2D eigenvalue weighted by atomic mass is 32.2. The van der Waals surface area contributed by atoms with Gasteiger partial charge in [0.05, 0.1) is 11.0 Å². The molecule has 3 rings (SSSR count). The number of piperidine rings is 1. The summed E-state index contributed by atoms with van der Waals surface area (Å²) in [5, 5.41) is 12.4. The number of carbonyl (C=O) groups excluding carboxylic acids is 1. The first-order chi connectivity index (χ1) is 13.3. The fourth-order valence-electron chi connectivity index (χ4n) is 3.90. The molecule has 0 unspecified atom stereocenters. The Morgan fingerprint density at radius 2 is 1.79 bits per heavy atom. The summed E-state index contributed by atoms with van der Waals surface area (Å²) in [5.41, 5.74) is -0.815. The van der Waals surface area contributed by atoms with E-state index in [-0.39, 0.29) is 29.8 Å². The van der Waals surface area contributed by atoms with E-state index in [9.17, 15) is 27.3 Å². The van der Waals surface area contributed by atoms with E-state index in [2.05, 4.69) is 11.4 Å². The van der Waals surface area contributed by atoms with Gasteiger partial charge < -0.3 is 5.32 Å². The fraction of sp³-hybridized carbons (Fsp3) is 0.579. The largest absolute Gasteiger partial charge is 0.338 e. The van der Waals surface area contributed by atoms with Crippen molar-refractivity contribution in [1.29, 1.82) is 5.26 Å². The molecule has 0 spiro atoms. The second-order valence-corrected chi connectivity index (χ2v) is 9.44. The maximum Gasteiger partial charge on any atom is 0.243 e. The first-order valence-corrected chi connectivity index (χ1v) is 10.9. The van der Waals surface area contributed by atoms with Crippen LogP contribution in [0.5, 0.6) is 0 Å². The monoisotopic (exact) mass is 411 g/mol. The zero-order valence-electron chi connectivity index (χ0n) is 15.5. The molecular formula is C19H23F2N3O3S. The molecule has 1 saturated carbocycles. The van der Waals surface area contributed by atoms with Gasteiger partial charge in [0.25, 0.3) is 0 Å². The van der Waals surface area contributed by atoms with Crippen LogP contribution < -0.4 is 5.32 Å². The van der Waals surface area contributed by atoms with Crippen LogP contribution >= 0.6 is 0 Å². The summed E-state index contributed by atoms with van der Waals surface area (Å²) in [4.78, 5) is 12.3. The van der Waals surface area contributed by atoms with E-state index >= 15 is 0 Å². The number of hydrogen-bond acceptors (Lipinski definition) is 4. The molecule has 1 heterocycles. The van der Waals surface area contributed by atoms with Crippen LogP contribution in [0.15, 0.2) is 23.1 Å². The molecule has 1 aromatic rings. The van der Waals surface area contributed by atoms with Crippen molar-refractivity contribution in [3.8, 4) is 6.07 Å². The van der Waals surface area contributed by atoms with Crippen LogP contribution in [0.1, 0.15) is 44.9 Å². The lowest BCUT2D eigenvalue weighted by atomic mass is 9.82. The lowest BCUT2D eigenvalue weighted by Gasteiger charge is -2.35. The molecule has 28 heavy (non-hydrogen) atoms. The number of halogens is 2. The van der Waals surface area contributed by atoms with Gasteiger partial charge in [-0.05, 0) is 43.9 Å². The highest BCUT2D eigenvalue weighted by molar-refractivity contribution is 7.89. The highest BCUT2D eigenvalue weighted by Crippen LogP contribution is 2.30. The summed E-state index contributed by atoms with van der Waals surface area (Å²) >= 11 is 0. The number of nitrogens with one attached hydrogen (secondary N) is 1. The quantitative estimate of drug-likeness (QED) is 0.825. The van der Waals surface area contributed by atoms with E-state index in [4.69, 9.17) is 0 Å². The van der Waals surface area contributed by atoms with Gasteiger partial charge in [0.1, 0.15) is 5.54 Å². The zero-order chi connectivity index (χ0) is 20.4. The van der Waals surface area contributed by atoms with E-state index in [1.807, 2.05) is 0 Å². The van der Waals surface area contributed by atoms with Crippen molar-refractivity contribution in [2.45, 2.75) is 55.4 Å². The molecule has 0 aromatic heterocycles. The van der Waals surface area contributed by atoms with E-state index in [0.717, 1.165) is 31.4 Å². The number of sulfonamides is 1. The average molecular weight is 411 g/mol. The van der Waals surface area contributed by atoms with Gasteiger partial charge in [-0.25, -0.2) is 17.2 Å². The van der Waals surface area contributed by atoms with Gasteiger partial charge in [-0.15, -0.1) is 0 Å². The third-order valence-electron chi connectivity index (χ3n) is 5.64. The van der Waals surface area contributed by atoms with Gasteiger partial charge >= 0.3 is 0 Å². The summed E-state index contributed by atoms with van der Waals surface area (Å²) in [6, 6.07) is 4.74. The topological polar surface area (TPSA) is 90.3 Å². The van der Waals surface area contributed by atoms with Crippen LogP contribution in [0.2, 0.25) is 0 Å². The third-order valence-corrected chi connectivity index (χ3v) is 7.53. The van der Waals surface area contributed by atoms with Crippen LogP contribution in [-0.4, -0.2) is 37.3 Å². The van der Waals surface area contributed by atoms with Gasteiger partial charge in [0, 0.05) is 19.0 Å². The van der Waals surface area contributed by atoms with Gasteiger partial charge in [-0.3, -0.25) is 4.79 Å². The molecule has 9 heteroatoms. The Hall–Kier alpha value is -2.05. The summed E-state index contributed by atoms with van der Waals surface area (Å²) < 4.78 is 52.9. The average Bonchev–Trinajstić information content (AvgIpc) is 2.70. The van der Waals surface area contributed by atoms with Gasteiger partial charge in [-0.1, -0.05) is 19.3 Å². The van der Waals surface area contributed by atoms with Crippen molar-refractivity contribution in [1.82, 2.24) is 9.62 Å². The molecule has 0 atom stereocenters. The van der Waals surface area contributed by atoms with Gasteiger partial charge in [0.15, 0.2) is 11.6 Å². The number of amides is 1. The standard InChI is InChI=1S/C19H23F2N3O3S/c20-16-5-4-15(12-17(16)21)28(26,27)24-10-6-14(7-11-24)18(25)23-19(13-22)8-2-1-3-9-19/h4-5,12,14H,1-3,6-11H2,(H,23,25). The minimum absolute atomic E-state index is 0.110. The van der Waals surface area contributed by atoms with E-state index in [1.165, 1.54) is 4.31 Å². The second kappa shape index (κ2) is 8.13. The predicted octanol–water partition coefficient (Wildman–Crippen LogP) is 2.71. The molecule has 6 nitrogen and oxygen atoms in total. The molecular weight excluding hydrogens is 388 g/mol. The normalized spacial score (nSPS) is 21.0. The molecule has 1 amide bonds. The van der Waals surface area contributed by atoms with Crippen molar-refractivity contribution in [2.24, 2.45) is 5.92 Å². The molecule has 152 valence electrons. The SMILES string of the molecule is N#CC1(NC(=O)C2CCN(S(=O)(=O)c3ccc(F)c(F)c3)CC2)CCCCC1. The lowest BCUT2D eigenvalue weighted by Crippen LogP contribution is -2.52. The maximum atomic E-state index is 13.4. The van der Waals surface area contributed by atoms with Crippen molar-refractivity contribution in [3.63, 3.8) is 0 Å². The van der Waals surface area contributed by atoms with E-state index in [0.29, 0.717) is 31.7 Å². The Morgan fingerprint density at radius 1 is 1.14 bits per heavy atom. The highest BCUT2D eigenvalue weighted by Gasteiger charge is 2.38. The van der Waals surface area contributed by atoms with Gasteiger partial charge in [-0.2, -0.15) is 9.57 Å². The third kappa shape index (κ3) is 4.18. The number of nitrogens with zero attached hydrogens (tertiary/aromatic N) is 2. The predicted molar refractivity (Wildman–Crippen MR) is 97.4 cm³/mol. The number of nitriles is 1. The summed E-state index contributed by atoms with van der Waals surface area (Å²) in [7, 11) is -3.95. The van der Waals surface area contributed by atoms with Crippen molar-refractivity contribution in [3.05, 3.63) is 29.8 Å². The molecule has 0 bridgehead atoms. The van der Waals surface area contributed by atoms with E-state index < -0.39 is 27.2 Å². The molecule has 1 aromatic carbocycles. The molecule has 1 saturated heterocycles. The first-order valence-electron chi connectivity index (χ1n) is 9.46. The zero-order valence-corrected chi connectivity index (χ0v) is 16.3. The molecule has 1 aliphatic heterocycles. The Bertz CT molecular complexity index is 884. The Morgan fingerprint density at radius 3 is 2.36 bits per heavy atom. The lowest BCUT2D eigenvalue weighted by molar-refractivity contribution is -0.127. The Balaban J connectivity index is 1.63. The molecule has 0 radical (unpaired) electrons. The van der Waals surface area contributed by atoms with Crippen molar-refractivity contribution >= 4 is 15.9 Å². The van der Waals surface area contributed by atoms with Crippen LogP contribution in [0.3, 0.4) is 0 Å². The van der Waals surface area contributed by atoms with Crippen LogP contribution in [0.4, 0.5) is 8.78 Å². The summed E-state index contributed by atoms with van der Waals surface area (Å²) in [6.45, 7) is 0.220. The number of carbonyl (C=O) groups is 1. The first kappa shape index (κ1) is 20.7. The van der Waals surface area contributed by atoms with Crippen LogP contribution in [0, 0.1) is 28.9 Å². The fourth-order valence-corrected chi connectivity index (χ4v) is 5.38. The molecule has 1 N–H and O–H groups in total. The summed E-state index contributed by atoms with van der Waals surface area (Å²) in [6.07, 6.45) is 4.76. The van der Waals surface area contributed by atoms with E-state index in [1.54, 1.807) is 0 Å². The molecule has 1 aliphatic carbocycles. The van der Waals surface area contributed by atoms with Gasteiger partial charge in [0.2, 0.25) is 15.9 Å². The Kier molecular flexibility index (Phi) is 6.01. The molecule has 2 fully saturated rings. The maximum absolute atomic E-state index is 13.4. The minimum Gasteiger partial charge on any atom is -0.338 e.